The van der Waals surface area contributed by atoms with Gasteiger partial charge in [-0.1, -0.05) is 31.5 Å². The van der Waals surface area contributed by atoms with Gasteiger partial charge in [0.1, 0.15) is 0 Å². The van der Waals surface area contributed by atoms with Crippen molar-refractivity contribution in [3.63, 3.8) is 0 Å². The standard InChI is InChI=1S/C15H21BrClN/c1-10-5-11(2)7-13(6-10)18-9-12-3-4-15(17)14(16)8-12/h3-4,8,10-11,13,18H,5-7,9H2,1-2H3. The lowest BCUT2D eigenvalue weighted by atomic mass is 9.80. The molecule has 18 heavy (non-hydrogen) atoms. The van der Waals surface area contributed by atoms with E-state index in [-0.39, 0.29) is 0 Å². The largest absolute Gasteiger partial charge is 0.310 e. The van der Waals surface area contributed by atoms with Crippen molar-refractivity contribution in [1.82, 2.24) is 5.32 Å². The van der Waals surface area contributed by atoms with Gasteiger partial charge in [-0.25, -0.2) is 0 Å². The minimum atomic E-state index is 0.665. The third kappa shape index (κ3) is 3.97. The molecule has 1 aromatic rings. The van der Waals surface area contributed by atoms with Crippen molar-refractivity contribution in [3.8, 4) is 0 Å². The van der Waals surface area contributed by atoms with Crippen LogP contribution in [-0.2, 0) is 6.54 Å². The smallest absolute Gasteiger partial charge is 0.0548 e. The third-order valence-electron chi connectivity index (χ3n) is 3.76. The van der Waals surface area contributed by atoms with Crippen LogP contribution in [0.5, 0.6) is 0 Å². The summed E-state index contributed by atoms with van der Waals surface area (Å²) in [5, 5.41) is 4.46. The molecule has 1 aromatic carbocycles. The highest BCUT2D eigenvalue weighted by atomic mass is 79.9. The van der Waals surface area contributed by atoms with E-state index in [0.717, 1.165) is 27.9 Å². The van der Waals surface area contributed by atoms with Crippen LogP contribution in [0.15, 0.2) is 22.7 Å². The number of nitrogens with one attached hydrogen (secondary N) is 1. The monoisotopic (exact) mass is 329 g/mol. The van der Waals surface area contributed by atoms with Crippen molar-refractivity contribution in [2.75, 3.05) is 0 Å². The topological polar surface area (TPSA) is 12.0 Å². The Hall–Kier alpha value is -0.0500. The lowest BCUT2D eigenvalue weighted by Gasteiger charge is -2.32. The molecular weight excluding hydrogens is 310 g/mol. The van der Waals surface area contributed by atoms with Crippen molar-refractivity contribution in [1.29, 1.82) is 0 Å². The highest BCUT2D eigenvalue weighted by molar-refractivity contribution is 9.10. The van der Waals surface area contributed by atoms with E-state index >= 15 is 0 Å². The van der Waals surface area contributed by atoms with Gasteiger partial charge in [-0.05, 0) is 64.7 Å². The van der Waals surface area contributed by atoms with Gasteiger partial charge in [-0.3, -0.25) is 0 Å². The second-order valence-corrected chi connectivity index (χ2v) is 7.01. The van der Waals surface area contributed by atoms with E-state index < -0.39 is 0 Å². The summed E-state index contributed by atoms with van der Waals surface area (Å²) in [5.74, 6) is 1.70. The van der Waals surface area contributed by atoms with Gasteiger partial charge in [0.25, 0.3) is 0 Å². The van der Waals surface area contributed by atoms with Crippen LogP contribution in [-0.4, -0.2) is 6.04 Å². The van der Waals surface area contributed by atoms with Gasteiger partial charge in [0, 0.05) is 17.1 Å². The summed E-state index contributed by atoms with van der Waals surface area (Å²) < 4.78 is 0.980. The maximum Gasteiger partial charge on any atom is 0.0548 e. The summed E-state index contributed by atoms with van der Waals surface area (Å²) in [4.78, 5) is 0. The predicted octanol–water partition coefficient (Wildman–Crippen LogP) is 5.02. The zero-order valence-corrected chi connectivity index (χ0v) is 13.4. The molecule has 1 fully saturated rings. The zero-order chi connectivity index (χ0) is 13.1. The molecule has 0 aliphatic heterocycles. The fourth-order valence-corrected chi connectivity index (χ4v) is 3.57. The fourth-order valence-electron chi connectivity index (χ4n) is 3.03. The average molecular weight is 331 g/mol. The van der Waals surface area contributed by atoms with Crippen molar-refractivity contribution < 1.29 is 0 Å². The van der Waals surface area contributed by atoms with Crippen LogP contribution in [0.3, 0.4) is 0 Å². The molecule has 3 heteroatoms. The maximum atomic E-state index is 6.00. The molecule has 2 rings (SSSR count). The van der Waals surface area contributed by atoms with Gasteiger partial charge in [-0.2, -0.15) is 0 Å². The van der Waals surface area contributed by atoms with E-state index in [1.165, 1.54) is 24.8 Å². The molecule has 1 nitrogen and oxygen atoms in total. The Bertz CT molecular complexity index is 397. The molecule has 1 aliphatic rings. The molecule has 100 valence electrons. The second-order valence-electron chi connectivity index (χ2n) is 5.74. The first-order chi connectivity index (χ1) is 8.54. The van der Waals surface area contributed by atoms with E-state index in [1.807, 2.05) is 6.07 Å². The van der Waals surface area contributed by atoms with E-state index in [2.05, 4.69) is 47.2 Å². The van der Waals surface area contributed by atoms with Gasteiger partial charge in [0.05, 0.1) is 5.02 Å². The minimum absolute atomic E-state index is 0.665. The van der Waals surface area contributed by atoms with Gasteiger partial charge in [-0.15, -0.1) is 0 Å². The second kappa shape index (κ2) is 6.40. The zero-order valence-electron chi connectivity index (χ0n) is 11.0. The molecule has 0 bridgehead atoms. The van der Waals surface area contributed by atoms with Crippen molar-refractivity contribution >= 4 is 27.5 Å². The Morgan fingerprint density at radius 2 is 1.89 bits per heavy atom. The van der Waals surface area contributed by atoms with E-state index in [4.69, 9.17) is 11.6 Å². The fraction of sp³-hybridized carbons (Fsp3) is 0.600. The van der Waals surface area contributed by atoms with Gasteiger partial charge < -0.3 is 5.32 Å². The lowest BCUT2D eigenvalue weighted by Crippen LogP contribution is -2.35. The number of hydrogen-bond donors (Lipinski definition) is 1. The molecule has 0 aromatic heterocycles. The van der Waals surface area contributed by atoms with E-state index in [0.29, 0.717) is 6.04 Å². The lowest BCUT2D eigenvalue weighted by molar-refractivity contribution is 0.238. The average Bonchev–Trinajstić information content (AvgIpc) is 2.29. The maximum absolute atomic E-state index is 6.00. The first-order valence-corrected chi connectivity index (χ1v) is 7.89. The molecule has 0 heterocycles. The first-order valence-electron chi connectivity index (χ1n) is 6.72. The molecule has 0 radical (unpaired) electrons. The van der Waals surface area contributed by atoms with Crippen molar-refractivity contribution in [3.05, 3.63) is 33.3 Å². The van der Waals surface area contributed by atoms with Crippen LogP contribution in [0.25, 0.3) is 0 Å². The Labute approximate surface area is 123 Å². The predicted molar refractivity (Wildman–Crippen MR) is 82.0 cm³/mol. The molecule has 1 saturated carbocycles. The van der Waals surface area contributed by atoms with Crippen LogP contribution < -0.4 is 5.32 Å². The highest BCUT2D eigenvalue weighted by Crippen LogP contribution is 2.29. The van der Waals surface area contributed by atoms with Crippen LogP contribution in [0, 0.1) is 11.8 Å². The normalized spacial score (nSPS) is 28.3. The quantitative estimate of drug-likeness (QED) is 0.821. The van der Waals surface area contributed by atoms with Crippen molar-refractivity contribution in [2.24, 2.45) is 11.8 Å². The van der Waals surface area contributed by atoms with E-state index in [9.17, 15) is 0 Å². The number of benzene rings is 1. The Morgan fingerprint density at radius 3 is 2.50 bits per heavy atom. The summed E-state index contributed by atoms with van der Waals surface area (Å²) in [6, 6.07) is 6.81. The number of rotatable bonds is 3. The number of hydrogen-bond acceptors (Lipinski definition) is 1. The molecule has 1 aliphatic carbocycles. The van der Waals surface area contributed by atoms with Crippen LogP contribution in [0.2, 0.25) is 5.02 Å². The van der Waals surface area contributed by atoms with E-state index in [1.54, 1.807) is 0 Å². The Balaban J connectivity index is 1.89. The molecular formula is C15H21BrClN. The number of halogens is 2. The highest BCUT2D eigenvalue weighted by Gasteiger charge is 2.23. The Kier molecular flexibility index (Phi) is 5.11. The van der Waals surface area contributed by atoms with Crippen LogP contribution in [0.4, 0.5) is 0 Å². The molecule has 0 spiro atoms. The first kappa shape index (κ1) is 14.4. The van der Waals surface area contributed by atoms with Crippen LogP contribution in [0.1, 0.15) is 38.7 Å². The van der Waals surface area contributed by atoms with Gasteiger partial charge in [0.2, 0.25) is 0 Å². The van der Waals surface area contributed by atoms with Crippen LogP contribution >= 0.6 is 27.5 Å². The molecule has 2 unspecified atom stereocenters. The van der Waals surface area contributed by atoms with Crippen molar-refractivity contribution in [2.45, 2.75) is 45.7 Å². The summed E-state index contributed by atoms with van der Waals surface area (Å²) in [5.41, 5.74) is 1.29. The minimum Gasteiger partial charge on any atom is -0.310 e. The molecule has 1 N–H and O–H groups in total. The van der Waals surface area contributed by atoms with Gasteiger partial charge >= 0.3 is 0 Å². The Morgan fingerprint density at radius 1 is 1.22 bits per heavy atom. The molecule has 0 amide bonds. The SMILES string of the molecule is CC1CC(C)CC(NCc2ccc(Cl)c(Br)c2)C1. The molecule has 2 atom stereocenters. The summed E-state index contributed by atoms with van der Waals surface area (Å²) in [7, 11) is 0. The van der Waals surface area contributed by atoms with Gasteiger partial charge in [0.15, 0.2) is 0 Å². The molecule has 0 saturated heterocycles. The third-order valence-corrected chi connectivity index (χ3v) is 4.97. The summed E-state index contributed by atoms with van der Waals surface area (Å²) in [6.07, 6.45) is 3.99. The summed E-state index contributed by atoms with van der Waals surface area (Å²) in [6.45, 7) is 5.66. The summed E-state index contributed by atoms with van der Waals surface area (Å²) >= 11 is 9.47.